The lowest BCUT2D eigenvalue weighted by atomic mass is 10.2. The Hall–Kier alpha value is -3.59. The smallest absolute Gasteiger partial charge is 0.332 e. The number of ketones is 1. The first-order valence-electron chi connectivity index (χ1n) is 9.20. The number of nitrogens with zero attached hydrogens (tertiary/aromatic N) is 2. The summed E-state index contributed by atoms with van der Waals surface area (Å²) in [4.78, 5) is 49.9. The number of anilines is 1. The molecule has 0 aliphatic rings. The normalized spacial score (nSPS) is 10.7. The summed E-state index contributed by atoms with van der Waals surface area (Å²) in [6.07, 6.45) is 0. The summed E-state index contributed by atoms with van der Waals surface area (Å²) in [5.74, 6) is -0.230. The third-order valence-corrected chi connectivity index (χ3v) is 4.86. The van der Waals surface area contributed by atoms with Gasteiger partial charge in [0.25, 0.3) is 5.56 Å². The van der Waals surface area contributed by atoms with Crippen LogP contribution in [-0.4, -0.2) is 35.0 Å². The summed E-state index contributed by atoms with van der Waals surface area (Å²) in [7, 11) is 2.88. The van der Waals surface area contributed by atoms with Crippen LogP contribution in [-0.2, 0) is 22.7 Å². The molecule has 31 heavy (non-hydrogen) atoms. The average Bonchev–Trinajstić information content (AvgIpc) is 2.74. The minimum Gasteiger partial charge on any atom is -0.495 e. The molecule has 162 valence electrons. The number of ether oxygens (including phenoxy) is 2. The fourth-order valence-electron chi connectivity index (χ4n) is 3.18. The molecule has 1 heterocycles. The number of rotatable bonds is 7. The zero-order valence-corrected chi connectivity index (χ0v) is 17.9. The number of benzene rings is 2. The first-order valence-corrected chi connectivity index (χ1v) is 9.57. The monoisotopic (exact) mass is 445 g/mol. The van der Waals surface area contributed by atoms with Gasteiger partial charge in [0, 0.05) is 6.07 Å². The second-order valence-corrected chi connectivity index (χ2v) is 7.12. The number of carbonyl (C=O) groups is 2. The van der Waals surface area contributed by atoms with Crippen molar-refractivity contribution in [2.75, 3.05) is 19.5 Å². The molecule has 0 saturated carbocycles. The van der Waals surface area contributed by atoms with Gasteiger partial charge in [0.15, 0.2) is 0 Å². The molecule has 1 aromatic heterocycles. The van der Waals surface area contributed by atoms with E-state index in [0.717, 1.165) is 9.13 Å². The van der Waals surface area contributed by atoms with Gasteiger partial charge in [-0.15, -0.1) is 0 Å². The van der Waals surface area contributed by atoms with Crippen LogP contribution < -0.4 is 26.0 Å². The predicted molar refractivity (Wildman–Crippen MR) is 116 cm³/mol. The largest absolute Gasteiger partial charge is 0.495 e. The number of para-hydroxylation sites is 1. The molecule has 1 amide bonds. The van der Waals surface area contributed by atoms with Crippen LogP contribution in [0, 0.1) is 0 Å². The number of amides is 1. The Morgan fingerprint density at radius 2 is 1.68 bits per heavy atom. The molecule has 0 fully saturated rings. The first kappa shape index (κ1) is 22.1. The number of fused-ring (bicyclic) bond motifs is 1. The van der Waals surface area contributed by atoms with Gasteiger partial charge in [0.1, 0.15) is 23.8 Å². The number of carbonyl (C=O) groups excluding carboxylic acids is 2. The zero-order valence-electron chi connectivity index (χ0n) is 17.1. The molecule has 0 aliphatic heterocycles. The molecule has 1 N–H and O–H groups in total. The summed E-state index contributed by atoms with van der Waals surface area (Å²) in [6, 6.07) is 9.38. The van der Waals surface area contributed by atoms with E-state index in [-0.39, 0.29) is 33.9 Å². The molecule has 10 heteroatoms. The van der Waals surface area contributed by atoms with Gasteiger partial charge < -0.3 is 14.8 Å². The Morgan fingerprint density at radius 1 is 1.00 bits per heavy atom. The van der Waals surface area contributed by atoms with Crippen LogP contribution in [0.2, 0.25) is 5.02 Å². The van der Waals surface area contributed by atoms with E-state index in [9.17, 15) is 19.2 Å². The molecule has 3 rings (SSSR count). The Morgan fingerprint density at radius 3 is 2.32 bits per heavy atom. The van der Waals surface area contributed by atoms with Crippen molar-refractivity contribution in [2.24, 2.45) is 0 Å². The van der Waals surface area contributed by atoms with Crippen LogP contribution in [0.3, 0.4) is 0 Å². The van der Waals surface area contributed by atoms with Gasteiger partial charge >= 0.3 is 5.69 Å². The van der Waals surface area contributed by atoms with Gasteiger partial charge in [0.05, 0.1) is 42.4 Å². The molecule has 2 aromatic carbocycles. The van der Waals surface area contributed by atoms with E-state index in [1.54, 1.807) is 18.2 Å². The van der Waals surface area contributed by atoms with Crippen molar-refractivity contribution in [3.8, 4) is 11.5 Å². The maximum Gasteiger partial charge on any atom is 0.332 e. The SMILES string of the molecule is COc1cc(OC)c(NC(=O)Cn2c(=O)n(CC(C)=O)c(=O)c3ccccc32)cc1Cl. The minimum atomic E-state index is -0.756. The maximum atomic E-state index is 12.9. The molecule has 9 nitrogen and oxygen atoms in total. The fraction of sp³-hybridized carbons (Fsp3) is 0.238. The van der Waals surface area contributed by atoms with Crippen molar-refractivity contribution < 1.29 is 19.1 Å². The van der Waals surface area contributed by atoms with Crippen molar-refractivity contribution in [3.63, 3.8) is 0 Å². The van der Waals surface area contributed by atoms with Crippen molar-refractivity contribution >= 4 is 39.9 Å². The zero-order chi connectivity index (χ0) is 22.7. The maximum absolute atomic E-state index is 12.9. The molecule has 0 unspecified atom stereocenters. The molecule has 0 saturated heterocycles. The number of aromatic nitrogens is 2. The third-order valence-electron chi connectivity index (χ3n) is 4.56. The van der Waals surface area contributed by atoms with E-state index < -0.39 is 23.7 Å². The summed E-state index contributed by atoms with van der Waals surface area (Å²) in [6.45, 7) is 0.494. The van der Waals surface area contributed by atoms with Crippen LogP contribution in [0.25, 0.3) is 10.9 Å². The van der Waals surface area contributed by atoms with E-state index in [4.69, 9.17) is 21.1 Å². The Balaban J connectivity index is 2.03. The summed E-state index contributed by atoms with van der Waals surface area (Å²) in [5.41, 5.74) is -0.773. The fourth-order valence-corrected chi connectivity index (χ4v) is 3.42. The first-order chi connectivity index (χ1) is 14.8. The lowest BCUT2D eigenvalue weighted by Gasteiger charge is -2.15. The van der Waals surface area contributed by atoms with Gasteiger partial charge in [-0.1, -0.05) is 23.7 Å². The number of halogens is 1. The van der Waals surface area contributed by atoms with Gasteiger partial charge in [-0.05, 0) is 25.1 Å². The lowest BCUT2D eigenvalue weighted by Crippen LogP contribution is -2.42. The summed E-state index contributed by atoms with van der Waals surface area (Å²) in [5, 5.41) is 3.13. The van der Waals surface area contributed by atoms with Gasteiger partial charge in [0.2, 0.25) is 5.91 Å². The molecule has 0 bridgehead atoms. The van der Waals surface area contributed by atoms with Crippen LogP contribution in [0.15, 0.2) is 46.0 Å². The second kappa shape index (κ2) is 9.05. The lowest BCUT2D eigenvalue weighted by molar-refractivity contribution is -0.117. The molecule has 3 aromatic rings. The average molecular weight is 446 g/mol. The van der Waals surface area contributed by atoms with Crippen LogP contribution in [0.4, 0.5) is 5.69 Å². The van der Waals surface area contributed by atoms with Crippen molar-refractivity contribution in [2.45, 2.75) is 20.0 Å². The van der Waals surface area contributed by atoms with Gasteiger partial charge in [-0.3, -0.25) is 23.5 Å². The van der Waals surface area contributed by atoms with E-state index in [0.29, 0.717) is 11.5 Å². The molecule has 0 spiro atoms. The topological polar surface area (TPSA) is 109 Å². The molecular formula is C21H20ClN3O6. The summed E-state index contributed by atoms with van der Waals surface area (Å²) >= 11 is 6.14. The van der Waals surface area contributed by atoms with Crippen LogP contribution in [0.5, 0.6) is 11.5 Å². The quantitative estimate of drug-likeness (QED) is 0.596. The highest BCUT2D eigenvalue weighted by molar-refractivity contribution is 6.32. The summed E-state index contributed by atoms with van der Waals surface area (Å²) < 4.78 is 12.4. The minimum absolute atomic E-state index is 0.223. The number of hydrogen-bond acceptors (Lipinski definition) is 6. The Labute approximate surface area is 181 Å². The molecule has 0 aliphatic carbocycles. The van der Waals surface area contributed by atoms with E-state index in [1.165, 1.54) is 39.3 Å². The van der Waals surface area contributed by atoms with Crippen LogP contribution in [0.1, 0.15) is 6.92 Å². The van der Waals surface area contributed by atoms with E-state index in [1.807, 2.05) is 0 Å². The third kappa shape index (κ3) is 4.46. The number of hydrogen-bond donors (Lipinski definition) is 1. The van der Waals surface area contributed by atoms with Crippen molar-refractivity contribution in [1.82, 2.24) is 9.13 Å². The van der Waals surface area contributed by atoms with Gasteiger partial charge in [-0.25, -0.2) is 4.79 Å². The number of methoxy groups -OCH3 is 2. The van der Waals surface area contributed by atoms with E-state index >= 15 is 0 Å². The standard InChI is InChI=1S/C21H20ClN3O6/c1-12(26)10-25-20(28)13-6-4-5-7-16(13)24(21(25)29)11-19(27)23-15-8-14(22)17(30-2)9-18(15)31-3/h4-9H,10-11H2,1-3H3,(H,23,27). The Bertz CT molecular complexity index is 1290. The highest BCUT2D eigenvalue weighted by Crippen LogP contribution is 2.35. The molecule has 0 atom stereocenters. The van der Waals surface area contributed by atoms with Crippen LogP contribution >= 0.6 is 11.6 Å². The molecular weight excluding hydrogens is 426 g/mol. The van der Waals surface area contributed by atoms with E-state index in [2.05, 4.69) is 5.32 Å². The highest BCUT2D eigenvalue weighted by Gasteiger charge is 2.18. The van der Waals surface area contributed by atoms with Crippen molar-refractivity contribution in [3.05, 3.63) is 62.3 Å². The number of Topliss-reactive ketones (excluding diaryl/α,β-unsaturated/α-hetero) is 1. The highest BCUT2D eigenvalue weighted by atomic mass is 35.5. The Kier molecular flexibility index (Phi) is 6.45. The predicted octanol–water partition coefficient (Wildman–Crippen LogP) is 2.06. The van der Waals surface area contributed by atoms with Crippen molar-refractivity contribution in [1.29, 1.82) is 0 Å². The van der Waals surface area contributed by atoms with Gasteiger partial charge in [-0.2, -0.15) is 0 Å². The second-order valence-electron chi connectivity index (χ2n) is 6.71. The number of nitrogens with one attached hydrogen (secondary N) is 1. The molecule has 0 radical (unpaired) electrons.